The summed E-state index contributed by atoms with van der Waals surface area (Å²) in [5, 5.41) is 20.9. The molecule has 0 aliphatic rings. The average Bonchev–Trinajstić information content (AvgIpc) is 2.45. The van der Waals surface area contributed by atoms with Crippen molar-refractivity contribution >= 4 is 23.2 Å². The van der Waals surface area contributed by atoms with Gasteiger partial charge in [-0.3, -0.25) is 9.59 Å². The summed E-state index contributed by atoms with van der Waals surface area (Å²) in [7, 11) is 0. The number of rotatable bonds is 2. The molecule has 6 nitrogen and oxygen atoms in total. The van der Waals surface area contributed by atoms with E-state index in [0.29, 0.717) is 11.5 Å². The Labute approximate surface area is 149 Å². The minimum absolute atomic E-state index is 0. The van der Waals surface area contributed by atoms with Crippen LogP contribution in [0.5, 0.6) is 11.5 Å². The first-order chi connectivity index (χ1) is 9.47. The molecule has 0 amide bonds. The van der Waals surface area contributed by atoms with E-state index in [-0.39, 0.29) is 39.1 Å². The molecule has 0 fully saturated rings. The summed E-state index contributed by atoms with van der Waals surface area (Å²) in [6.45, 7) is 0. The summed E-state index contributed by atoms with van der Waals surface area (Å²) in [5.41, 5.74) is -1.16. The first-order valence-corrected chi connectivity index (χ1v) is 6.24. The quantitative estimate of drug-likeness (QED) is 0.517. The van der Waals surface area contributed by atoms with Crippen LogP contribution in [0, 0.1) is 0 Å². The molecule has 2 aromatic rings. The Morgan fingerprint density at radius 1 is 0.857 bits per heavy atom. The molecule has 2 rings (SSSR count). The zero-order valence-corrected chi connectivity index (χ0v) is 16.2. The van der Waals surface area contributed by atoms with Crippen LogP contribution in [0.15, 0.2) is 43.1 Å². The molecule has 0 spiro atoms. The predicted molar refractivity (Wildman–Crippen MR) is 68.0 cm³/mol. The summed E-state index contributed by atoms with van der Waals surface area (Å²) >= 11 is 10.6. The van der Waals surface area contributed by atoms with E-state index in [1.807, 2.05) is 0 Å². The Morgan fingerprint density at radius 3 is 1.43 bits per heavy atom. The van der Waals surface area contributed by atoms with Gasteiger partial charge >= 0.3 is 27.3 Å². The van der Waals surface area contributed by atoms with Crippen molar-refractivity contribution in [3.05, 3.63) is 56.6 Å². The summed E-state index contributed by atoms with van der Waals surface area (Å²) in [6.07, 6.45) is 1.72. The largest absolute Gasteiger partial charge is 2.00 e. The van der Waals surface area contributed by atoms with Gasteiger partial charge in [-0.2, -0.15) is 0 Å². The van der Waals surface area contributed by atoms with Gasteiger partial charge in [0.05, 0.1) is 24.3 Å². The molecule has 0 saturated heterocycles. The van der Waals surface area contributed by atoms with Gasteiger partial charge in [-0.15, -0.1) is 23.2 Å². The zero-order chi connectivity index (χ0) is 15.1. The van der Waals surface area contributed by atoms with Crippen molar-refractivity contribution in [1.82, 2.24) is 0 Å². The molecule has 0 bridgehead atoms. The molecule has 0 radical (unpaired) electrons. The summed E-state index contributed by atoms with van der Waals surface area (Å²) in [6, 6.07) is 2.19. The fraction of sp³-hybridized carbons (Fsp3) is 0.167. The number of alkyl halides is 2. The van der Waals surface area contributed by atoms with Crippen molar-refractivity contribution in [2.75, 3.05) is 0 Å². The van der Waals surface area contributed by atoms with Gasteiger partial charge in [0, 0.05) is 12.1 Å². The van der Waals surface area contributed by atoms with Gasteiger partial charge in [0.15, 0.2) is 10.9 Å². The normalized spacial score (nSPS) is 9.24. The van der Waals surface area contributed by atoms with Crippen LogP contribution in [0.2, 0.25) is 0 Å². The first-order valence-electron chi connectivity index (χ1n) is 5.17. The van der Waals surface area contributed by atoms with Crippen LogP contribution in [-0.4, -0.2) is 0 Å². The summed E-state index contributed by atoms with van der Waals surface area (Å²) < 4.78 is 9.29. The minimum atomic E-state index is -0.645. The average molecular weight is 432 g/mol. The Morgan fingerprint density at radius 2 is 1.19 bits per heavy atom. The van der Waals surface area contributed by atoms with Gasteiger partial charge in [0.1, 0.15) is 11.5 Å². The topological polar surface area (TPSA) is 107 Å². The van der Waals surface area contributed by atoms with E-state index in [9.17, 15) is 19.8 Å². The van der Waals surface area contributed by atoms with Crippen molar-refractivity contribution in [1.29, 1.82) is 0 Å². The second-order valence-corrected chi connectivity index (χ2v) is 3.95. The van der Waals surface area contributed by atoms with Crippen molar-refractivity contribution < 1.29 is 46.3 Å². The standard InChI is InChI=1S/2C6H5ClO3.Cd/c2*7-2-4-1-5(8)6(9)3-10-4;/h2*1,3,9H,2H2;/q;;+2/p-2. The van der Waals surface area contributed by atoms with Crippen molar-refractivity contribution in [3.63, 3.8) is 0 Å². The summed E-state index contributed by atoms with van der Waals surface area (Å²) in [4.78, 5) is 21.1. The van der Waals surface area contributed by atoms with E-state index in [4.69, 9.17) is 23.2 Å². The molecule has 0 unspecified atom stereocenters. The Kier molecular flexibility index (Phi) is 9.38. The van der Waals surface area contributed by atoms with Crippen LogP contribution in [0.4, 0.5) is 0 Å². The molecular weight excluding hydrogens is 423 g/mol. The molecule has 0 atom stereocenters. The molecule has 108 valence electrons. The van der Waals surface area contributed by atoms with Gasteiger partial charge in [0.2, 0.25) is 0 Å². The second kappa shape index (κ2) is 9.85. The van der Waals surface area contributed by atoms with Gasteiger partial charge < -0.3 is 19.0 Å². The van der Waals surface area contributed by atoms with Crippen LogP contribution < -0.4 is 21.1 Å². The van der Waals surface area contributed by atoms with Crippen molar-refractivity contribution in [2.24, 2.45) is 0 Å². The Bertz CT molecular complexity index is 622. The van der Waals surface area contributed by atoms with Crippen LogP contribution in [0.1, 0.15) is 11.5 Å². The third kappa shape index (κ3) is 6.53. The van der Waals surface area contributed by atoms with E-state index in [1.54, 1.807) is 0 Å². The number of hydrogen-bond acceptors (Lipinski definition) is 6. The molecule has 21 heavy (non-hydrogen) atoms. The molecule has 9 heteroatoms. The van der Waals surface area contributed by atoms with Crippen LogP contribution in [0.25, 0.3) is 0 Å². The third-order valence-electron chi connectivity index (χ3n) is 1.97. The molecule has 2 heterocycles. The maximum atomic E-state index is 10.6. The van der Waals surface area contributed by atoms with Crippen LogP contribution in [0.3, 0.4) is 0 Å². The van der Waals surface area contributed by atoms with Gasteiger partial charge in [-0.1, -0.05) is 0 Å². The van der Waals surface area contributed by atoms with Gasteiger partial charge in [0.25, 0.3) is 0 Å². The van der Waals surface area contributed by atoms with Crippen molar-refractivity contribution in [2.45, 2.75) is 11.8 Å². The SMILES string of the molecule is O=c1cc(CCl)occ1[O-].O=c1cc(CCl)occ1[O-].[Cd+2]. The molecule has 0 aliphatic carbocycles. The monoisotopic (exact) mass is 432 g/mol. The smallest absolute Gasteiger partial charge is 0.868 e. The molecular formula is C12H8CdCl2O6. The Hall–Kier alpha value is -0.998. The number of hydrogen-bond donors (Lipinski definition) is 0. The van der Waals surface area contributed by atoms with Gasteiger partial charge in [-0.25, -0.2) is 0 Å². The first kappa shape index (κ1) is 20.0. The van der Waals surface area contributed by atoms with Crippen LogP contribution >= 0.6 is 23.2 Å². The minimum Gasteiger partial charge on any atom is -0.868 e. The van der Waals surface area contributed by atoms with E-state index < -0.39 is 22.4 Å². The maximum absolute atomic E-state index is 10.6. The fourth-order valence-corrected chi connectivity index (χ4v) is 1.30. The van der Waals surface area contributed by atoms with E-state index in [2.05, 4.69) is 8.83 Å². The predicted octanol–water partition coefficient (Wildman–Crippen LogP) is 0.902. The van der Waals surface area contributed by atoms with E-state index in [1.165, 1.54) is 0 Å². The zero-order valence-electron chi connectivity index (χ0n) is 10.6. The fourth-order valence-electron chi connectivity index (χ4n) is 1.02. The van der Waals surface area contributed by atoms with Crippen LogP contribution in [-0.2, 0) is 39.1 Å². The molecule has 0 aliphatic heterocycles. The second-order valence-electron chi connectivity index (χ2n) is 3.42. The third-order valence-corrected chi connectivity index (χ3v) is 2.49. The maximum Gasteiger partial charge on any atom is 2.00 e. The van der Waals surface area contributed by atoms with Crippen molar-refractivity contribution in [3.8, 4) is 11.5 Å². The summed E-state index contributed by atoms with van der Waals surface area (Å²) in [5.74, 6) is -0.453. The number of halogens is 2. The molecule has 2 aromatic heterocycles. The Balaban J connectivity index is 0.000000364. The van der Waals surface area contributed by atoms with E-state index in [0.717, 1.165) is 24.7 Å². The van der Waals surface area contributed by atoms with Gasteiger partial charge in [-0.05, 0) is 11.5 Å². The van der Waals surface area contributed by atoms with E-state index >= 15 is 0 Å². The molecule has 0 saturated carbocycles. The molecule has 0 aromatic carbocycles. The molecule has 0 N–H and O–H groups in total.